The average Bonchev–Trinajstić information content (AvgIpc) is 3.01. The molecule has 0 fully saturated rings. The van der Waals surface area contributed by atoms with Crippen LogP contribution in [0.3, 0.4) is 0 Å². The summed E-state index contributed by atoms with van der Waals surface area (Å²) in [6.45, 7) is 4.49. The molecule has 4 nitrogen and oxygen atoms in total. The quantitative estimate of drug-likeness (QED) is 0.812. The van der Waals surface area contributed by atoms with E-state index in [1.165, 1.54) is 5.69 Å². The van der Waals surface area contributed by atoms with Gasteiger partial charge in [0.25, 0.3) is 0 Å². The SMILES string of the molecule is CCN(C[C@H]1COC(c2ccccc2N)=N1)c1cccc(Br)c1. The maximum absolute atomic E-state index is 6.00. The lowest BCUT2D eigenvalue weighted by atomic mass is 10.2. The molecule has 0 aliphatic carbocycles. The fraction of sp³-hybridized carbons (Fsp3) is 0.278. The number of rotatable bonds is 5. The number of nitrogens with zero attached hydrogens (tertiary/aromatic N) is 2. The van der Waals surface area contributed by atoms with Gasteiger partial charge in [0.1, 0.15) is 12.6 Å². The molecule has 0 aromatic heterocycles. The van der Waals surface area contributed by atoms with Crippen LogP contribution in [0.1, 0.15) is 12.5 Å². The highest BCUT2D eigenvalue weighted by atomic mass is 79.9. The summed E-state index contributed by atoms with van der Waals surface area (Å²) in [5.41, 5.74) is 8.77. The molecule has 0 spiro atoms. The second kappa shape index (κ2) is 7.04. The molecular formula is C18H20BrN3O. The van der Waals surface area contributed by atoms with Gasteiger partial charge in [-0.1, -0.05) is 34.1 Å². The van der Waals surface area contributed by atoms with Gasteiger partial charge in [-0.25, -0.2) is 4.99 Å². The first-order valence-corrected chi connectivity index (χ1v) is 8.52. The number of likely N-dealkylation sites (N-methyl/N-ethyl adjacent to an activating group) is 1. The largest absolute Gasteiger partial charge is 0.475 e. The normalized spacial score (nSPS) is 16.8. The highest BCUT2D eigenvalue weighted by Crippen LogP contribution is 2.22. The average molecular weight is 374 g/mol. The number of aliphatic imine (C=N–C) groups is 1. The van der Waals surface area contributed by atoms with E-state index in [1.807, 2.05) is 36.4 Å². The van der Waals surface area contributed by atoms with E-state index in [1.54, 1.807) is 0 Å². The van der Waals surface area contributed by atoms with E-state index >= 15 is 0 Å². The van der Waals surface area contributed by atoms with Crippen molar-refractivity contribution in [1.82, 2.24) is 0 Å². The molecule has 1 aliphatic heterocycles. The smallest absolute Gasteiger partial charge is 0.218 e. The maximum Gasteiger partial charge on any atom is 0.218 e. The molecule has 2 aromatic rings. The molecule has 120 valence electrons. The van der Waals surface area contributed by atoms with Gasteiger partial charge in [0.15, 0.2) is 0 Å². The Morgan fingerprint density at radius 2 is 2.09 bits per heavy atom. The van der Waals surface area contributed by atoms with E-state index in [4.69, 9.17) is 15.5 Å². The summed E-state index contributed by atoms with van der Waals surface area (Å²) < 4.78 is 6.85. The number of halogens is 1. The minimum atomic E-state index is 0.114. The third kappa shape index (κ3) is 3.67. The topological polar surface area (TPSA) is 50.9 Å². The zero-order valence-corrected chi connectivity index (χ0v) is 14.7. The van der Waals surface area contributed by atoms with Crippen LogP contribution in [0.5, 0.6) is 0 Å². The Morgan fingerprint density at radius 3 is 2.83 bits per heavy atom. The van der Waals surface area contributed by atoms with Crippen molar-refractivity contribution in [1.29, 1.82) is 0 Å². The second-order valence-electron chi connectivity index (χ2n) is 5.50. The van der Waals surface area contributed by atoms with E-state index in [0.29, 0.717) is 18.2 Å². The van der Waals surface area contributed by atoms with Crippen LogP contribution >= 0.6 is 15.9 Å². The number of ether oxygens (including phenoxy) is 1. The van der Waals surface area contributed by atoms with Gasteiger partial charge in [-0.05, 0) is 37.3 Å². The first-order chi connectivity index (χ1) is 11.2. The Hall–Kier alpha value is -2.01. The van der Waals surface area contributed by atoms with Crippen molar-refractivity contribution in [3.05, 3.63) is 58.6 Å². The van der Waals surface area contributed by atoms with Gasteiger partial charge in [0.05, 0.1) is 5.56 Å². The summed E-state index contributed by atoms with van der Waals surface area (Å²) in [4.78, 5) is 7.02. The van der Waals surface area contributed by atoms with Crippen LogP contribution in [0.4, 0.5) is 11.4 Å². The summed E-state index contributed by atoms with van der Waals surface area (Å²) in [7, 11) is 0. The van der Waals surface area contributed by atoms with Crippen LogP contribution < -0.4 is 10.6 Å². The Labute approximate surface area is 145 Å². The first kappa shape index (κ1) is 15.9. The van der Waals surface area contributed by atoms with Crippen LogP contribution in [-0.4, -0.2) is 31.6 Å². The van der Waals surface area contributed by atoms with E-state index < -0.39 is 0 Å². The molecule has 0 saturated heterocycles. The van der Waals surface area contributed by atoms with Crippen LogP contribution in [-0.2, 0) is 4.74 Å². The molecule has 1 heterocycles. The lowest BCUT2D eigenvalue weighted by molar-refractivity contribution is 0.318. The van der Waals surface area contributed by atoms with Gasteiger partial charge in [-0.3, -0.25) is 0 Å². The van der Waals surface area contributed by atoms with Crippen molar-refractivity contribution >= 4 is 33.2 Å². The van der Waals surface area contributed by atoms with E-state index in [9.17, 15) is 0 Å². The Kier molecular flexibility index (Phi) is 4.86. The predicted molar refractivity (Wildman–Crippen MR) is 99.2 cm³/mol. The van der Waals surface area contributed by atoms with Crippen LogP contribution in [0.15, 0.2) is 58.0 Å². The van der Waals surface area contributed by atoms with Crippen molar-refractivity contribution < 1.29 is 4.74 Å². The fourth-order valence-electron chi connectivity index (χ4n) is 2.69. The summed E-state index contributed by atoms with van der Waals surface area (Å²) in [5, 5.41) is 0. The van der Waals surface area contributed by atoms with Gasteiger partial charge < -0.3 is 15.4 Å². The summed E-state index contributed by atoms with van der Waals surface area (Å²) in [5.74, 6) is 0.651. The molecular weight excluding hydrogens is 354 g/mol. The van der Waals surface area contributed by atoms with Crippen LogP contribution in [0.25, 0.3) is 0 Å². The van der Waals surface area contributed by atoms with Crippen molar-refractivity contribution in [2.24, 2.45) is 4.99 Å². The number of hydrogen-bond acceptors (Lipinski definition) is 4. The Bertz CT molecular complexity index is 717. The lowest BCUT2D eigenvalue weighted by Crippen LogP contribution is -2.32. The standard InChI is InChI=1S/C18H20BrN3O/c1-2-22(15-7-5-6-13(19)10-15)11-14-12-23-18(21-14)16-8-3-4-9-17(16)20/h3-10,14H,2,11-12,20H2,1H3/t14-/m0/s1. The molecule has 0 amide bonds. The minimum absolute atomic E-state index is 0.114. The molecule has 0 unspecified atom stereocenters. The van der Waals surface area contributed by atoms with Crippen LogP contribution in [0.2, 0.25) is 0 Å². The van der Waals surface area contributed by atoms with Crippen molar-refractivity contribution in [3.8, 4) is 0 Å². The number of anilines is 2. The zero-order chi connectivity index (χ0) is 16.2. The lowest BCUT2D eigenvalue weighted by Gasteiger charge is -2.24. The third-order valence-electron chi connectivity index (χ3n) is 3.89. The molecule has 0 saturated carbocycles. The Balaban J connectivity index is 1.74. The maximum atomic E-state index is 6.00. The van der Waals surface area contributed by atoms with E-state index in [0.717, 1.165) is 23.1 Å². The predicted octanol–water partition coefficient (Wildman–Crippen LogP) is 3.70. The molecule has 2 N–H and O–H groups in total. The van der Waals surface area contributed by atoms with Crippen LogP contribution in [0, 0.1) is 0 Å². The van der Waals surface area contributed by atoms with Gasteiger partial charge in [0.2, 0.25) is 5.90 Å². The van der Waals surface area contributed by atoms with E-state index in [2.05, 4.69) is 39.9 Å². The summed E-state index contributed by atoms with van der Waals surface area (Å²) in [6, 6.07) is 16.1. The van der Waals surface area contributed by atoms with Crippen molar-refractivity contribution in [2.45, 2.75) is 13.0 Å². The number of hydrogen-bond donors (Lipinski definition) is 1. The number of para-hydroxylation sites is 1. The molecule has 2 aromatic carbocycles. The number of nitrogens with two attached hydrogens (primary N) is 1. The molecule has 23 heavy (non-hydrogen) atoms. The summed E-state index contributed by atoms with van der Waals surface area (Å²) in [6.07, 6.45) is 0. The first-order valence-electron chi connectivity index (χ1n) is 7.73. The minimum Gasteiger partial charge on any atom is -0.475 e. The molecule has 5 heteroatoms. The van der Waals surface area contributed by atoms with Gasteiger partial charge in [-0.15, -0.1) is 0 Å². The van der Waals surface area contributed by atoms with Gasteiger partial charge >= 0.3 is 0 Å². The van der Waals surface area contributed by atoms with Crippen molar-refractivity contribution in [3.63, 3.8) is 0 Å². The molecule has 0 bridgehead atoms. The monoisotopic (exact) mass is 373 g/mol. The highest BCUT2D eigenvalue weighted by Gasteiger charge is 2.23. The van der Waals surface area contributed by atoms with Gasteiger partial charge in [-0.2, -0.15) is 0 Å². The number of benzene rings is 2. The third-order valence-corrected chi connectivity index (χ3v) is 4.38. The second-order valence-corrected chi connectivity index (χ2v) is 6.42. The Morgan fingerprint density at radius 1 is 1.26 bits per heavy atom. The summed E-state index contributed by atoms with van der Waals surface area (Å²) >= 11 is 3.53. The molecule has 0 radical (unpaired) electrons. The molecule has 1 aliphatic rings. The van der Waals surface area contributed by atoms with Gasteiger partial charge in [0, 0.05) is 28.9 Å². The number of nitrogen functional groups attached to an aromatic ring is 1. The zero-order valence-electron chi connectivity index (χ0n) is 13.1. The van der Waals surface area contributed by atoms with E-state index in [-0.39, 0.29) is 6.04 Å². The van der Waals surface area contributed by atoms with Crippen molar-refractivity contribution in [2.75, 3.05) is 30.3 Å². The highest BCUT2D eigenvalue weighted by molar-refractivity contribution is 9.10. The molecule has 1 atom stereocenters. The fourth-order valence-corrected chi connectivity index (χ4v) is 3.08. The molecule has 3 rings (SSSR count).